The second-order valence-corrected chi connectivity index (χ2v) is 6.52. The van der Waals surface area contributed by atoms with Gasteiger partial charge in [-0.15, -0.1) is 5.10 Å². The van der Waals surface area contributed by atoms with Crippen molar-refractivity contribution in [3.63, 3.8) is 0 Å². The van der Waals surface area contributed by atoms with Crippen molar-refractivity contribution in [1.29, 1.82) is 0 Å². The van der Waals surface area contributed by atoms with E-state index in [1.807, 2.05) is 24.3 Å². The third-order valence-corrected chi connectivity index (χ3v) is 4.52. The van der Waals surface area contributed by atoms with Crippen molar-refractivity contribution in [2.45, 2.75) is 31.3 Å². The van der Waals surface area contributed by atoms with Crippen molar-refractivity contribution in [2.75, 3.05) is 0 Å². The Morgan fingerprint density at radius 2 is 2.17 bits per heavy atom. The highest BCUT2D eigenvalue weighted by Crippen LogP contribution is 2.41. The average Bonchev–Trinajstić information content (AvgIpc) is 2.91. The summed E-state index contributed by atoms with van der Waals surface area (Å²) in [6.07, 6.45) is 4.06. The Hall–Kier alpha value is -2.22. The number of aromatic nitrogens is 3. The van der Waals surface area contributed by atoms with Crippen LogP contribution in [0.1, 0.15) is 35.3 Å². The molecule has 23 heavy (non-hydrogen) atoms. The van der Waals surface area contributed by atoms with Gasteiger partial charge in [-0.3, -0.25) is 4.79 Å². The van der Waals surface area contributed by atoms with E-state index in [0.29, 0.717) is 0 Å². The zero-order valence-electron chi connectivity index (χ0n) is 12.2. The summed E-state index contributed by atoms with van der Waals surface area (Å²) in [6, 6.07) is 7.91. The van der Waals surface area contributed by atoms with Crippen LogP contribution in [0.3, 0.4) is 0 Å². The molecule has 0 saturated heterocycles. The number of aromatic carboxylic acids is 1. The van der Waals surface area contributed by atoms with E-state index in [9.17, 15) is 9.59 Å². The van der Waals surface area contributed by atoms with Crippen LogP contribution >= 0.6 is 15.9 Å². The molecule has 8 heteroatoms. The molecule has 120 valence electrons. The number of nitrogens with one attached hydrogen (secondary N) is 1. The van der Waals surface area contributed by atoms with Gasteiger partial charge in [0.25, 0.3) is 0 Å². The smallest absolute Gasteiger partial charge is 0.358 e. The largest absolute Gasteiger partial charge is 0.476 e. The summed E-state index contributed by atoms with van der Waals surface area (Å²) in [4.78, 5) is 23.1. The van der Waals surface area contributed by atoms with Gasteiger partial charge in [0, 0.05) is 4.47 Å². The first-order chi connectivity index (χ1) is 11.0. The minimum atomic E-state index is -1.17. The van der Waals surface area contributed by atoms with Gasteiger partial charge >= 0.3 is 5.97 Å². The van der Waals surface area contributed by atoms with Crippen LogP contribution in [0.2, 0.25) is 0 Å². The van der Waals surface area contributed by atoms with Crippen molar-refractivity contribution in [1.82, 2.24) is 20.3 Å². The Bertz CT molecular complexity index is 755. The lowest BCUT2D eigenvalue weighted by Gasteiger charge is -2.43. The minimum Gasteiger partial charge on any atom is -0.476 e. The van der Waals surface area contributed by atoms with E-state index in [4.69, 9.17) is 5.11 Å². The molecule has 0 radical (unpaired) electrons. The lowest BCUT2D eigenvalue weighted by atomic mass is 9.72. The first-order valence-electron chi connectivity index (χ1n) is 7.19. The van der Waals surface area contributed by atoms with E-state index in [1.54, 1.807) is 0 Å². The van der Waals surface area contributed by atoms with Gasteiger partial charge in [-0.2, -0.15) is 0 Å². The Labute approximate surface area is 140 Å². The molecule has 1 aliphatic carbocycles. The van der Waals surface area contributed by atoms with Gasteiger partial charge in [0.05, 0.1) is 11.7 Å². The number of hydrogen-bond acceptors (Lipinski definition) is 4. The molecule has 2 N–H and O–H groups in total. The van der Waals surface area contributed by atoms with Crippen LogP contribution in [0, 0.1) is 0 Å². The molecule has 2 aromatic rings. The zero-order chi connectivity index (χ0) is 16.4. The van der Waals surface area contributed by atoms with Crippen molar-refractivity contribution in [3.8, 4) is 0 Å². The quantitative estimate of drug-likeness (QED) is 0.828. The van der Waals surface area contributed by atoms with Crippen molar-refractivity contribution >= 4 is 27.8 Å². The van der Waals surface area contributed by atoms with Crippen LogP contribution in [0.15, 0.2) is 34.9 Å². The molecule has 1 amide bonds. The number of halogens is 1. The van der Waals surface area contributed by atoms with Crippen LogP contribution in [0.25, 0.3) is 0 Å². The molecule has 1 aromatic heterocycles. The summed E-state index contributed by atoms with van der Waals surface area (Å²) in [5.41, 5.74) is 0.538. The Morgan fingerprint density at radius 1 is 1.39 bits per heavy atom. The maximum atomic E-state index is 12.3. The van der Waals surface area contributed by atoms with E-state index in [1.165, 1.54) is 10.9 Å². The van der Waals surface area contributed by atoms with Crippen molar-refractivity contribution < 1.29 is 14.7 Å². The average molecular weight is 379 g/mol. The number of hydrogen-bond donors (Lipinski definition) is 2. The molecule has 0 unspecified atom stereocenters. The predicted octanol–water partition coefficient (Wildman–Crippen LogP) is 1.93. The third-order valence-electron chi connectivity index (χ3n) is 4.03. The molecule has 1 fully saturated rings. The lowest BCUT2D eigenvalue weighted by molar-refractivity contribution is -0.125. The molecule has 1 aliphatic rings. The Morgan fingerprint density at radius 3 is 2.74 bits per heavy atom. The maximum Gasteiger partial charge on any atom is 0.358 e. The molecule has 1 aromatic carbocycles. The second-order valence-electron chi connectivity index (χ2n) is 5.60. The topological polar surface area (TPSA) is 97.1 Å². The lowest BCUT2D eigenvalue weighted by Crippen LogP contribution is -2.51. The fourth-order valence-corrected chi connectivity index (χ4v) is 3.13. The summed E-state index contributed by atoms with van der Waals surface area (Å²) < 4.78 is 2.20. The monoisotopic (exact) mass is 378 g/mol. The van der Waals surface area contributed by atoms with Gasteiger partial charge in [0.2, 0.25) is 5.91 Å². The van der Waals surface area contributed by atoms with Crippen LogP contribution in [0.4, 0.5) is 0 Å². The normalized spacial score (nSPS) is 15.7. The minimum absolute atomic E-state index is 0.0595. The molecule has 0 bridgehead atoms. The molecule has 0 spiro atoms. The summed E-state index contributed by atoms with van der Waals surface area (Å²) >= 11 is 3.45. The Kier molecular flexibility index (Phi) is 4.16. The number of carboxylic acid groups (broad SMARTS) is 1. The maximum absolute atomic E-state index is 12.3. The number of carbonyl (C=O) groups is 2. The third kappa shape index (κ3) is 3.26. The predicted molar refractivity (Wildman–Crippen MR) is 84.8 cm³/mol. The fraction of sp³-hybridized carbons (Fsp3) is 0.333. The summed E-state index contributed by atoms with van der Waals surface area (Å²) in [7, 11) is 0. The SMILES string of the molecule is O=C(Cn1cc(C(=O)O)nn1)NC1(c2cccc(Br)c2)CCC1. The fourth-order valence-electron chi connectivity index (χ4n) is 2.73. The van der Waals surface area contributed by atoms with E-state index in [2.05, 4.69) is 31.6 Å². The van der Waals surface area contributed by atoms with Crippen molar-refractivity contribution in [2.24, 2.45) is 0 Å². The molecule has 1 saturated carbocycles. The van der Waals surface area contributed by atoms with Crippen LogP contribution in [-0.4, -0.2) is 32.0 Å². The van der Waals surface area contributed by atoms with Gasteiger partial charge in [-0.05, 0) is 37.0 Å². The number of benzene rings is 1. The van der Waals surface area contributed by atoms with Gasteiger partial charge in [-0.25, -0.2) is 9.48 Å². The zero-order valence-corrected chi connectivity index (χ0v) is 13.8. The van der Waals surface area contributed by atoms with Gasteiger partial charge in [-0.1, -0.05) is 33.3 Å². The number of rotatable bonds is 5. The molecular formula is C15H15BrN4O3. The molecule has 0 aliphatic heterocycles. The highest BCUT2D eigenvalue weighted by molar-refractivity contribution is 9.10. The van der Waals surface area contributed by atoms with E-state index in [-0.39, 0.29) is 23.7 Å². The molecule has 1 heterocycles. The number of amides is 1. The van der Waals surface area contributed by atoms with Gasteiger partial charge in [0.15, 0.2) is 5.69 Å². The van der Waals surface area contributed by atoms with Gasteiger partial charge in [0.1, 0.15) is 6.54 Å². The molecule has 3 rings (SSSR count). The van der Waals surface area contributed by atoms with Crippen LogP contribution in [-0.2, 0) is 16.9 Å². The Balaban J connectivity index is 1.71. The van der Waals surface area contributed by atoms with Crippen LogP contribution < -0.4 is 5.32 Å². The first-order valence-corrected chi connectivity index (χ1v) is 7.98. The van der Waals surface area contributed by atoms with E-state index >= 15 is 0 Å². The number of carbonyl (C=O) groups excluding carboxylic acids is 1. The summed E-state index contributed by atoms with van der Waals surface area (Å²) in [6.45, 7) is -0.0595. The van der Waals surface area contributed by atoms with E-state index in [0.717, 1.165) is 29.3 Å². The second kappa shape index (κ2) is 6.11. The van der Waals surface area contributed by atoms with E-state index < -0.39 is 5.97 Å². The standard InChI is InChI=1S/C15H15BrN4O3/c16-11-4-1-3-10(7-11)15(5-2-6-15)17-13(21)9-20-8-12(14(22)23)18-19-20/h1,3-4,7-8H,2,5-6,9H2,(H,17,21)(H,22,23). The molecular weight excluding hydrogens is 364 g/mol. The summed E-state index contributed by atoms with van der Waals surface area (Å²) in [5, 5.41) is 19.0. The highest BCUT2D eigenvalue weighted by atomic mass is 79.9. The number of carboxylic acids is 1. The van der Waals surface area contributed by atoms with Crippen LogP contribution in [0.5, 0.6) is 0 Å². The van der Waals surface area contributed by atoms with Crippen molar-refractivity contribution in [3.05, 3.63) is 46.2 Å². The van der Waals surface area contributed by atoms with Gasteiger partial charge < -0.3 is 10.4 Å². The first kappa shape index (κ1) is 15.7. The summed E-state index contributed by atoms with van der Waals surface area (Å²) in [5.74, 6) is -1.38. The highest BCUT2D eigenvalue weighted by Gasteiger charge is 2.40. The molecule has 7 nitrogen and oxygen atoms in total. The number of nitrogens with zero attached hydrogens (tertiary/aromatic N) is 3. The molecule has 0 atom stereocenters.